The van der Waals surface area contributed by atoms with Crippen molar-refractivity contribution in [3.63, 3.8) is 0 Å². The van der Waals surface area contributed by atoms with Crippen LogP contribution in [-0.4, -0.2) is 38.0 Å². The summed E-state index contributed by atoms with van der Waals surface area (Å²) < 4.78 is 13.9. The van der Waals surface area contributed by atoms with Gasteiger partial charge in [0, 0.05) is 36.0 Å². The van der Waals surface area contributed by atoms with E-state index in [1.54, 1.807) is 18.2 Å². The molecule has 31 heavy (non-hydrogen) atoms. The van der Waals surface area contributed by atoms with Crippen molar-refractivity contribution in [2.24, 2.45) is 17.3 Å². The van der Waals surface area contributed by atoms with E-state index >= 15 is 0 Å². The minimum atomic E-state index is -0.377. The largest absolute Gasteiger partial charge is 0.492 e. The highest BCUT2D eigenvalue weighted by Gasteiger charge is 2.17. The number of benzene rings is 2. The van der Waals surface area contributed by atoms with Crippen molar-refractivity contribution in [1.29, 1.82) is 0 Å². The maximum absolute atomic E-state index is 12.3. The Morgan fingerprint density at radius 3 is 2.84 bits per heavy atom. The second kappa shape index (κ2) is 9.13. The molecule has 0 radical (unpaired) electrons. The molecule has 0 spiro atoms. The highest BCUT2D eigenvalue weighted by molar-refractivity contribution is 6.31. The van der Waals surface area contributed by atoms with Crippen LogP contribution in [0.1, 0.15) is 30.9 Å². The molecule has 0 atom stereocenters. The molecule has 2 aromatic carbocycles. The average molecular weight is 441 g/mol. The maximum Gasteiger partial charge on any atom is 0.368 e. The van der Waals surface area contributed by atoms with Crippen LogP contribution in [0.5, 0.6) is 5.75 Å². The molecule has 0 amide bonds. The molecule has 160 valence electrons. The Bertz CT molecular complexity index is 1210. The van der Waals surface area contributed by atoms with Gasteiger partial charge in [0.15, 0.2) is 0 Å². The van der Waals surface area contributed by atoms with Crippen LogP contribution in [0, 0.1) is 0 Å². The SMILES string of the molecule is CCC(=NN=C1CCOc2ccccc21)OCc1c(Cl)cccc1-n1nnn(C)c1=O. The van der Waals surface area contributed by atoms with Gasteiger partial charge in [0.2, 0.25) is 5.90 Å². The van der Waals surface area contributed by atoms with Crippen LogP contribution in [0.3, 0.4) is 0 Å². The number of halogens is 1. The lowest BCUT2D eigenvalue weighted by Gasteiger charge is -2.18. The molecular formula is C21H21ClN6O3. The van der Waals surface area contributed by atoms with E-state index in [9.17, 15) is 4.79 Å². The van der Waals surface area contributed by atoms with Crippen molar-refractivity contribution in [3.05, 3.63) is 69.1 Å². The molecule has 0 saturated heterocycles. The summed E-state index contributed by atoms with van der Waals surface area (Å²) in [6, 6.07) is 13.0. The summed E-state index contributed by atoms with van der Waals surface area (Å²) in [6.07, 6.45) is 1.21. The van der Waals surface area contributed by atoms with Crippen molar-refractivity contribution >= 4 is 23.2 Å². The first kappa shape index (κ1) is 20.8. The molecule has 0 fully saturated rings. The number of para-hydroxylation sites is 1. The number of tetrazole rings is 1. The van der Waals surface area contributed by atoms with Gasteiger partial charge in [-0.25, -0.2) is 4.79 Å². The molecule has 0 aliphatic carbocycles. The van der Waals surface area contributed by atoms with Crippen LogP contribution >= 0.6 is 11.6 Å². The smallest absolute Gasteiger partial charge is 0.368 e. The molecule has 1 aliphatic rings. The van der Waals surface area contributed by atoms with E-state index < -0.39 is 0 Å². The summed E-state index contributed by atoms with van der Waals surface area (Å²) in [6.45, 7) is 2.59. The molecule has 10 heteroatoms. The molecule has 0 N–H and O–H groups in total. The second-order valence-electron chi connectivity index (χ2n) is 6.81. The van der Waals surface area contributed by atoms with Crippen molar-refractivity contribution in [2.45, 2.75) is 26.4 Å². The van der Waals surface area contributed by atoms with E-state index in [1.807, 2.05) is 31.2 Å². The third-order valence-electron chi connectivity index (χ3n) is 4.81. The Balaban J connectivity index is 1.58. The Labute approximate surface area is 183 Å². The monoisotopic (exact) mass is 440 g/mol. The van der Waals surface area contributed by atoms with Crippen molar-refractivity contribution < 1.29 is 9.47 Å². The number of rotatable bonds is 5. The zero-order valence-corrected chi connectivity index (χ0v) is 17.9. The molecular weight excluding hydrogens is 420 g/mol. The second-order valence-corrected chi connectivity index (χ2v) is 7.22. The Morgan fingerprint density at radius 2 is 2.06 bits per heavy atom. The summed E-state index contributed by atoms with van der Waals surface area (Å²) in [5.74, 6) is 1.26. The Hall–Kier alpha value is -3.46. The van der Waals surface area contributed by atoms with E-state index in [-0.39, 0.29) is 12.3 Å². The summed E-state index contributed by atoms with van der Waals surface area (Å²) in [7, 11) is 1.53. The number of nitrogens with zero attached hydrogens (tertiary/aromatic N) is 6. The normalized spacial score (nSPS) is 14.9. The van der Waals surface area contributed by atoms with Gasteiger partial charge in [0.1, 0.15) is 12.4 Å². The van der Waals surface area contributed by atoms with Crippen LogP contribution in [0.4, 0.5) is 0 Å². The molecule has 2 heterocycles. The number of hydrogen-bond acceptors (Lipinski definition) is 7. The molecule has 0 bridgehead atoms. The van der Waals surface area contributed by atoms with Crippen LogP contribution in [0.25, 0.3) is 5.69 Å². The number of aromatic nitrogens is 4. The van der Waals surface area contributed by atoms with Crippen molar-refractivity contribution in [2.75, 3.05) is 6.61 Å². The maximum atomic E-state index is 12.3. The first-order valence-corrected chi connectivity index (χ1v) is 10.2. The zero-order chi connectivity index (χ0) is 21.8. The number of ether oxygens (including phenoxy) is 2. The Kier molecular flexibility index (Phi) is 6.13. The van der Waals surface area contributed by atoms with Gasteiger partial charge in [-0.05, 0) is 34.7 Å². The number of fused-ring (bicyclic) bond motifs is 1. The summed E-state index contributed by atoms with van der Waals surface area (Å²) in [5, 5.41) is 16.8. The van der Waals surface area contributed by atoms with E-state index in [1.165, 1.54) is 11.7 Å². The topological polar surface area (TPSA) is 95.9 Å². The van der Waals surface area contributed by atoms with Gasteiger partial charge < -0.3 is 9.47 Å². The lowest BCUT2D eigenvalue weighted by Crippen LogP contribution is -2.23. The van der Waals surface area contributed by atoms with Crippen LogP contribution in [-0.2, 0) is 18.4 Å². The van der Waals surface area contributed by atoms with Crippen LogP contribution < -0.4 is 10.4 Å². The molecule has 9 nitrogen and oxygen atoms in total. The minimum Gasteiger partial charge on any atom is -0.492 e. The van der Waals surface area contributed by atoms with Crippen LogP contribution in [0.2, 0.25) is 5.02 Å². The standard InChI is InChI=1S/C21H21ClN6O3/c1-3-20(24-23-17-11-12-30-19-10-5-4-7-14(17)19)31-13-15-16(22)8-6-9-18(15)28-21(29)27(2)25-26-28/h4-10H,3,11-13H2,1-2H3. The fraction of sp³-hybridized carbons (Fsp3) is 0.286. The Morgan fingerprint density at radius 1 is 1.23 bits per heavy atom. The van der Waals surface area contributed by atoms with Gasteiger partial charge in [0.25, 0.3) is 0 Å². The number of aryl methyl sites for hydroxylation is 1. The van der Waals surface area contributed by atoms with Gasteiger partial charge in [-0.3, -0.25) is 0 Å². The quantitative estimate of drug-likeness (QED) is 0.345. The molecule has 1 aliphatic heterocycles. The third kappa shape index (κ3) is 4.36. The fourth-order valence-electron chi connectivity index (χ4n) is 3.15. The molecule has 0 unspecified atom stereocenters. The highest BCUT2D eigenvalue weighted by atomic mass is 35.5. The van der Waals surface area contributed by atoms with Gasteiger partial charge in [-0.2, -0.15) is 14.5 Å². The lowest BCUT2D eigenvalue weighted by atomic mass is 10.0. The highest BCUT2D eigenvalue weighted by Crippen LogP contribution is 2.25. The predicted molar refractivity (Wildman–Crippen MR) is 117 cm³/mol. The summed E-state index contributed by atoms with van der Waals surface area (Å²) in [5.41, 5.74) is 2.52. The van der Waals surface area contributed by atoms with Crippen molar-refractivity contribution in [1.82, 2.24) is 19.8 Å². The van der Waals surface area contributed by atoms with Gasteiger partial charge in [0.05, 0.1) is 18.0 Å². The molecule has 1 aromatic heterocycles. The van der Waals surface area contributed by atoms with E-state index in [2.05, 4.69) is 20.6 Å². The zero-order valence-electron chi connectivity index (χ0n) is 17.2. The van der Waals surface area contributed by atoms with Crippen LogP contribution in [0.15, 0.2) is 57.5 Å². The molecule has 3 aromatic rings. The minimum absolute atomic E-state index is 0.106. The van der Waals surface area contributed by atoms with Gasteiger partial charge >= 0.3 is 5.69 Å². The predicted octanol–water partition coefficient (Wildman–Crippen LogP) is 3.13. The van der Waals surface area contributed by atoms with E-state index in [0.717, 1.165) is 21.7 Å². The first-order chi connectivity index (χ1) is 15.1. The van der Waals surface area contributed by atoms with Gasteiger partial charge in [-0.15, -0.1) is 5.10 Å². The number of hydrogen-bond donors (Lipinski definition) is 0. The first-order valence-electron chi connectivity index (χ1n) is 9.83. The van der Waals surface area contributed by atoms with Gasteiger partial charge in [-0.1, -0.05) is 36.7 Å². The third-order valence-corrected chi connectivity index (χ3v) is 5.16. The van der Waals surface area contributed by atoms with Crippen molar-refractivity contribution in [3.8, 4) is 11.4 Å². The average Bonchev–Trinajstić information content (AvgIpc) is 3.12. The molecule has 4 rings (SSSR count). The molecule has 0 saturated carbocycles. The van der Waals surface area contributed by atoms with E-state index in [4.69, 9.17) is 21.1 Å². The fourth-order valence-corrected chi connectivity index (χ4v) is 3.38. The lowest BCUT2D eigenvalue weighted by molar-refractivity contribution is 0.283. The van der Waals surface area contributed by atoms with E-state index in [0.29, 0.717) is 41.6 Å². The summed E-state index contributed by atoms with van der Waals surface area (Å²) >= 11 is 6.39. The summed E-state index contributed by atoms with van der Waals surface area (Å²) in [4.78, 5) is 12.3.